The van der Waals surface area contributed by atoms with Gasteiger partial charge in [-0.3, -0.25) is 0 Å². The summed E-state index contributed by atoms with van der Waals surface area (Å²) < 4.78 is 5.30. The number of anilines is 1. The van der Waals surface area contributed by atoms with E-state index in [1.54, 1.807) is 18.2 Å². The predicted octanol–water partition coefficient (Wildman–Crippen LogP) is 3.09. The van der Waals surface area contributed by atoms with Crippen LogP contribution in [0.5, 0.6) is 0 Å². The van der Waals surface area contributed by atoms with Gasteiger partial charge in [-0.25, -0.2) is 9.59 Å². The van der Waals surface area contributed by atoms with Crippen molar-refractivity contribution in [3.63, 3.8) is 0 Å². The van der Waals surface area contributed by atoms with Crippen molar-refractivity contribution in [2.75, 3.05) is 38.6 Å². The molecule has 1 aliphatic heterocycles. The van der Waals surface area contributed by atoms with E-state index >= 15 is 0 Å². The number of halogens is 1. The quantitative estimate of drug-likeness (QED) is 0.748. The van der Waals surface area contributed by atoms with Crippen molar-refractivity contribution < 1.29 is 14.3 Å². The topological polar surface area (TPSA) is 70.7 Å². The summed E-state index contributed by atoms with van der Waals surface area (Å²) >= 11 is 3.35. The molecule has 0 aliphatic carbocycles. The van der Waals surface area contributed by atoms with Crippen molar-refractivity contribution in [1.29, 1.82) is 0 Å². The summed E-state index contributed by atoms with van der Waals surface area (Å²) in [6, 6.07) is 4.64. The molecule has 0 spiro atoms. The third-order valence-electron chi connectivity index (χ3n) is 4.23. The maximum Gasteiger partial charge on any atom is 0.337 e. The third-order valence-corrected chi connectivity index (χ3v) is 4.88. The van der Waals surface area contributed by atoms with Crippen LogP contribution in [0.2, 0.25) is 0 Å². The van der Waals surface area contributed by atoms with Crippen LogP contribution in [0.3, 0.4) is 0 Å². The minimum Gasteiger partial charge on any atom is -0.465 e. The lowest BCUT2D eigenvalue weighted by Crippen LogP contribution is -2.40. The molecule has 24 heavy (non-hydrogen) atoms. The van der Waals surface area contributed by atoms with Gasteiger partial charge in [0.05, 0.1) is 18.4 Å². The van der Waals surface area contributed by atoms with Crippen LogP contribution in [-0.4, -0.2) is 50.2 Å². The van der Waals surface area contributed by atoms with Gasteiger partial charge in [0.25, 0.3) is 0 Å². The van der Waals surface area contributed by atoms with Crippen molar-refractivity contribution in [3.8, 4) is 0 Å². The fraction of sp³-hybridized carbons (Fsp3) is 0.529. The average molecular weight is 398 g/mol. The lowest BCUT2D eigenvalue weighted by molar-refractivity contribution is 0.0600. The number of piperidine rings is 1. The zero-order valence-electron chi connectivity index (χ0n) is 14.1. The predicted molar refractivity (Wildman–Crippen MR) is 97.3 cm³/mol. The number of benzene rings is 1. The Kier molecular flexibility index (Phi) is 7.05. The normalized spacial score (nSPS) is 15.8. The minimum absolute atomic E-state index is 0.258. The number of methoxy groups -OCH3 is 1. The number of hydrogen-bond acceptors (Lipinski definition) is 4. The number of hydrogen-bond donors (Lipinski definition) is 2. The van der Waals surface area contributed by atoms with Gasteiger partial charge in [0.1, 0.15) is 0 Å². The summed E-state index contributed by atoms with van der Waals surface area (Å²) in [6.07, 6.45) is 2.46. The fourth-order valence-electron chi connectivity index (χ4n) is 2.64. The first-order chi connectivity index (χ1) is 11.5. The van der Waals surface area contributed by atoms with Crippen molar-refractivity contribution >= 4 is 33.6 Å². The number of esters is 1. The lowest BCUT2D eigenvalue weighted by atomic mass is 9.99. The number of rotatable bonds is 5. The standard InChI is InChI=1S/C17H24BrN3O3/c1-12-5-8-21(9-6-12)10-7-19-17(23)20-15-4-3-13(11-14(15)18)16(22)24-2/h3-4,11-12H,5-10H2,1-2H3,(H2,19,20,23). The summed E-state index contributed by atoms with van der Waals surface area (Å²) in [6.45, 7) is 5.96. The number of likely N-dealkylation sites (tertiary alicyclic amines) is 1. The van der Waals surface area contributed by atoms with E-state index in [0.717, 1.165) is 25.6 Å². The summed E-state index contributed by atoms with van der Waals surface area (Å²) in [5.41, 5.74) is 1.03. The van der Waals surface area contributed by atoms with Crippen LogP contribution in [0.1, 0.15) is 30.1 Å². The first-order valence-corrected chi connectivity index (χ1v) is 8.94. The molecule has 2 N–H and O–H groups in total. The Balaban J connectivity index is 1.77. The fourth-order valence-corrected chi connectivity index (χ4v) is 3.12. The van der Waals surface area contributed by atoms with Gasteiger partial charge < -0.3 is 20.3 Å². The SMILES string of the molecule is COC(=O)c1ccc(NC(=O)NCCN2CCC(C)CC2)c(Br)c1. The Hall–Kier alpha value is -1.60. The van der Waals surface area contributed by atoms with E-state index in [1.807, 2.05) is 0 Å². The molecule has 1 aromatic rings. The average Bonchev–Trinajstić information content (AvgIpc) is 2.57. The molecule has 0 atom stereocenters. The molecule has 2 rings (SSSR count). The number of carbonyl (C=O) groups is 2. The second kappa shape index (κ2) is 9.03. The minimum atomic E-state index is -0.414. The first-order valence-electron chi connectivity index (χ1n) is 8.14. The van der Waals surface area contributed by atoms with E-state index in [-0.39, 0.29) is 6.03 Å². The highest BCUT2D eigenvalue weighted by Crippen LogP contribution is 2.24. The second-order valence-corrected chi connectivity index (χ2v) is 6.95. The number of ether oxygens (including phenoxy) is 1. The zero-order chi connectivity index (χ0) is 17.5. The molecule has 0 aromatic heterocycles. The van der Waals surface area contributed by atoms with Gasteiger partial charge in [-0.15, -0.1) is 0 Å². The molecule has 1 saturated heterocycles. The Morgan fingerprint density at radius 1 is 1.33 bits per heavy atom. The molecule has 1 fully saturated rings. The van der Waals surface area contributed by atoms with Gasteiger partial charge >= 0.3 is 12.0 Å². The Morgan fingerprint density at radius 3 is 2.67 bits per heavy atom. The number of nitrogens with one attached hydrogen (secondary N) is 2. The molecule has 132 valence electrons. The van der Waals surface area contributed by atoms with Crippen molar-refractivity contribution in [2.24, 2.45) is 5.92 Å². The van der Waals surface area contributed by atoms with E-state index in [9.17, 15) is 9.59 Å². The summed E-state index contributed by atoms with van der Waals surface area (Å²) in [4.78, 5) is 25.8. The van der Waals surface area contributed by atoms with Gasteiger partial charge in [-0.2, -0.15) is 0 Å². The number of amides is 2. The molecule has 6 nitrogen and oxygen atoms in total. The lowest BCUT2D eigenvalue weighted by Gasteiger charge is -2.30. The summed E-state index contributed by atoms with van der Waals surface area (Å²) in [5.74, 6) is 0.394. The van der Waals surface area contributed by atoms with Crippen LogP contribution in [0.15, 0.2) is 22.7 Å². The van der Waals surface area contributed by atoms with E-state index in [4.69, 9.17) is 0 Å². The van der Waals surface area contributed by atoms with E-state index in [0.29, 0.717) is 22.3 Å². The van der Waals surface area contributed by atoms with Crippen molar-refractivity contribution in [3.05, 3.63) is 28.2 Å². The Morgan fingerprint density at radius 2 is 2.04 bits per heavy atom. The largest absolute Gasteiger partial charge is 0.465 e. The van der Waals surface area contributed by atoms with Gasteiger partial charge in [-0.05, 0) is 66.0 Å². The number of nitrogens with zero attached hydrogens (tertiary/aromatic N) is 1. The highest BCUT2D eigenvalue weighted by Gasteiger charge is 2.15. The molecule has 1 aliphatic rings. The number of carbonyl (C=O) groups excluding carboxylic acids is 2. The molecular weight excluding hydrogens is 374 g/mol. The van der Waals surface area contributed by atoms with Crippen LogP contribution in [0.25, 0.3) is 0 Å². The van der Waals surface area contributed by atoms with E-state index < -0.39 is 5.97 Å². The maximum absolute atomic E-state index is 12.0. The summed E-state index contributed by atoms with van der Waals surface area (Å²) in [7, 11) is 1.33. The van der Waals surface area contributed by atoms with E-state index in [1.165, 1.54) is 20.0 Å². The molecule has 2 amide bonds. The first kappa shape index (κ1) is 18.7. The van der Waals surface area contributed by atoms with Crippen LogP contribution in [-0.2, 0) is 4.74 Å². The van der Waals surface area contributed by atoms with Gasteiger partial charge in [0.2, 0.25) is 0 Å². The van der Waals surface area contributed by atoms with Crippen LogP contribution < -0.4 is 10.6 Å². The Labute approximate surface area is 151 Å². The van der Waals surface area contributed by atoms with Crippen molar-refractivity contribution in [1.82, 2.24) is 10.2 Å². The highest BCUT2D eigenvalue weighted by atomic mass is 79.9. The Bertz CT molecular complexity index is 586. The molecule has 1 heterocycles. The highest BCUT2D eigenvalue weighted by molar-refractivity contribution is 9.10. The molecular formula is C17H24BrN3O3. The third kappa shape index (κ3) is 5.49. The second-order valence-electron chi connectivity index (χ2n) is 6.09. The molecule has 0 saturated carbocycles. The van der Waals surface area contributed by atoms with Crippen molar-refractivity contribution in [2.45, 2.75) is 19.8 Å². The van der Waals surface area contributed by atoms with Gasteiger partial charge in [0.15, 0.2) is 0 Å². The molecule has 0 bridgehead atoms. The summed E-state index contributed by atoms with van der Waals surface area (Å²) in [5, 5.41) is 5.63. The van der Waals surface area contributed by atoms with Crippen LogP contribution >= 0.6 is 15.9 Å². The van der Waals surface area contributed by atoms with E-state index in [2.05, 4.69) is 43.1 Å². The van der Waals surface area contributed by atoms with Crippen LogP contribution in [0.4, 0.5) is 10.5 Å². The van der Waals surface area contributed by atoms with Gasteiger partial charge in [0, 0.05) is 17.6 Å². The molecule has 0 radical (unpaired) electrons. The van der Waals surface area contributed by atoms with Crippen LogP contribution in [0, 0.1) is 5.92 Å². The maximum atomic E-state index is 12.0. The van der Waals surface area contributed by atoms with Gasteiger partial charge in [-0.1, -0.05) is 6.92 Å². The molecule has 7 heteroatoms. The smallest absolute Gasteiger partial charge is 0.337 e. The monoisotopic (exact) mass is 397 g/mol. The number of urea groups is 1. The molecule has 1 aromatic carbocycles. The molecule has 0 unspecified atom stereocenters. The zero-order valence-corrected chi connectivity index (χ0v) is 15.7.